The molecule has 1 fully saturated rings. The van der Waals surface area contributed by atoms with E-state index in [1.54, 1.807) is 0 Å². The van der Waals surface area contributed by atoms with Crippen LogP contribution in [0.5, 0.6) is 0 Å². The summed E-state index contributed by atoms with van der Waals surface area (Å²) in [4.78, 5) is 2.00. The maximum atomic E-state index is 12.1. The van der Waals surface area contributed by atoms with E-state index in [0.717, 1.165) is 13.0 Å². The van der Waals surface area contributed by atoms with Crippen LogP contribution in [0.25, 0.3) is 0 Å². The Balaban J connectivity index is 0.000000218. The van der Waals surface area contributed by atoms with Gasteiger partial charge in [0.15, 0.2) is 0 Å². The topological polar surface area (TPSA) is 3.24 Å². The summed E-state index contributed by atoms with van der Waals surface area (Å²) in [6.45, 7) is 5.75. The van der Waals surface area contributed by atoms with Crippen LogP contribution >= 0.6 is 0 Å². The number of hydrogen-bond donors (Lipinski definition) is 0. The molecule has 1 atom stereocenters. The summed E-state index contributed by atoms with van der Waals surface area (Å²) >= 11 is 0. The van der Waals surface area contributed by atoms with Gasteiger partial charge in [0, 0.05) is 13.1 Å². The zero-order valence-electron chi connectivity index (χ0n) is 7.81. The summed E-state index contributed by atoms with van der Waals surface area (Å²) < 4.78 is 12.1. The molecule has 0 aromatic rings. The molecule has 0 bridgehead atoms. The van der Waals surface area contributed by atoms with Gasteiger partial charge in [-0.2, -0.15) is 0 Å². The van der Waals surface area contributed by atoms with Crippen LogP contribution in [0, 0.1) is 0 Å². The summed E-state index contributed by atoms with van der Waals surface area (Å²) in [5, 5.41) is 0. The van der Waals surface area contributed by atoms with E-state index in [0.29, 0.717) is 6.54 Å². The van der Waals surface area contributed by atoms with Crippen molar-refractivity contribution in [1.29, 1.82) is 0 Å². The Bertz CT molecular complexity index is 80.2. The van der Waals surface area contributed by atoms with Gasteiger partial charge in [-0.15, -0.1) is 0 Å². The molecule has 0 N–H and O–H groups in total. The lowest BCUT2D eigenvalue weighted by atomic mass is 9.79. The molecule has 1 saturated heterocycles. The highest BCUT2D eigenvalue weighted by Crippen LogP contribution is 2.08. The second-order valence-corrected chi connectivity index (χ2v) is 2.96. The minimum atomic E-state index is -0.551. The standard InChI is InChI=1S/C5H10FN.C3H8B/c1-7-3-2-5(6)4-7;1-3-4-2/h5H,2-4H2,1H3;3H2,1-2H3. The molecule has 65 valence electrons. The summed E-state index contributed by atoms with van der Waals surface area (Å²) in [5.41, 5.74) is 0. The highest BCUT2D eigenvalue weighted by atomic mass is 19.1. The van der Waals surface area contributed by atoms with Crippen molar-refractivity contribution in [3.05, 3.63) is 0 Å². The van der Waals surface area contributed by atoms with E-state index < -0.39 is 6.17 Å². The smallest absolute Gasteiger partial charge is 0.114 e. The highest BCUT2D eigenvalue weighted by Gasteiger charge is 2.17. The monoisotopic (exact) mass is 158 g/mol. The fraction of sp³-hybridized carbons (Fsp3) is 1.00. The van der Waals surface area contributed by atoms with E-state index in [-0.39, 0.29) is 0 Å². The van der Waals surface area contributed by atoms with Gasteiger partial charge in [0.1, 0.15) is 13.5 Å². The van der Waals surface area contributed by atoms with Gasteiger partial charge >= 0.3 is 0 Å². The molecule has 0 aromatic carbocycles. The zero-order valence-corrected chi connectivity index (χ0v) is 7.81. The summed E-state index contributed by atoms with van der Waals surface area (Å²) in [6.07, 6.45) is 1.38. The number of halogens is 1. The largest absolute Gasteiger partial charge is 0.303 e. The molecule has 0 amide bonds. The fourth-order valence-corrected chi connectivity index (χ4v) is 0.881. The first kappa shape index (κ1) is 11.0. The van der Waals surface area contributed by atoms with Crippen molar-refractivity contribution in [3.8, 4) is 0 Å². The number of likely N-dealkylation sites (tertiary alicyclic amines) is 1. The van der Waals surface area contributed by atoms with Crippen molar-refractivity contribution in [2.24, 2.45) is 0 Å². The van der Waals surface area contributed by atoms with Crippen molar-refractivity contribution in [3.63, 3.8) is 0 Å². The second-order valence-electron chi connectivity index (χ2n) is 2.96. The first-order valence-corrected chi connectivity index (χ1v) is 4.31. The average molecular weight is 158 g/mol. The average Bonchev–Trinajstić information content (AvgIpc) is 2.35. The maximum Gasteiger partial charge on any atom is 0.114 e. The van der Waals surface area contributed by atoms with Crippen molar-refractivity contribution < 1.29 is 4.39 Å². The van der Waals surface area contributed by atoms with Gasteiger partial charge in [-0.3, -0.25) is 0 Å². The Hall–Kier alpha value is -0.0451. The Labute approximate surface area is 70.2 Å². The summed E-state index contributed by atoms with van der Waals surface area (Å²) in [7, 11) is 4.07. The minimum Gasteiger partial charge on any atom is -0.303 e. The van der Waals surface area contributed by atoms with Crippen LogP contribution in [0.3, 0.4) is 0 Å². The van der Waals surface area contributed by atoms with E-state index in [2.05, 4.69) is 21.0 Å². The molecule has 1 rings (SSSR count). The van der Waals surface area contributed by atoms with Crippen LogP contribution in [-0.2, 0) is 0 Å². The SMILES string of the molecule is CN1CCC(F)C1.C[B]CC. The van der Waals surface area contributed by atoms with Gasteiger partial charge in [-0.1, -0.05) is 20.1 Å². The number of hydrogen-bond acceptors (Lipinski definition) is 1. The van der Waals surface area contributed by atoms with Crippen LogP contribution < -0.4 is 0 Å². The summed E-state index contributed by atoms with van der Waals surface area (Å²) in [6, 6.07) is 0. The third-order valence-corrected chi connectivity index (χ3v) is 1.74. The van der Waals surface area contributed by atoms with E-state index >= 15 is 0 Å². The van der Waals surface area contributed by atoms with Gasteiger partial charge in [0.25, 0.3) is 0 Å². The fourth-order valence-electron chi connectivity index (χ4n) is 0.881. The van der Waals surface area contributed by atoms with Gasteiger partial charge in [-0.05, 0) is 13.5 Å². The molecule has 0 saturated carbocycles. The molecule has 1 unspecified atom stereocenters. The first-order valence-electron chi connectivity index (χ1n) is 4.31. The minimum absolute atomic E-state index is 0.551. The van der Waals surface area contributed by atoms with Gasteiger partial charge in [0.05, 0.1) is 0 Å². The molecule has 1 aliphatic rings. The van der Waals surface area contributed by atoms with E-state index in [1.807, 2.05) is 11.9 Å². The predicted molar refractivity (Wildman–Crippen MR) is 49.1 cm³/mol. The lowest BCUT2D eigenvalue weighted by molar-refractivity contribution is 0.321. The molecule has 1 radical (unpaired) electrons. The first-order chi connectivity index (χ1) is 5.20. The quantitative estimate of drug-likeness (QED) is 0.526. The molecular formula is C8H18BFN. The number of nitrogens with zero attached hydrogens (tertiary/aromatic N) is 1. The van der Waals surface area contributed by atoms with Crippen LogP contribution in [0.1, 0.15) is 13.3 Å². The summed E-state index contributed by atoms with van der Waals surface area (Å²) in [5.74, 6) is 0. The highest BCUT2D eigenvalue weighted by molar-refractivity contribution is 6.33. The molecular weight excluding hydrogens is 140 g/mol. The Kier molecular flexibility index (Phi) is 6.62. The molecule has 1 nitrogen and oxygen atoms in total. The van der Waals surface area contributed by atoms with Crippen molar-refractivity contribution in [2.45, 2.75) is 32.7 Å². The molecule has 11 heavy (non-hydrogen) atoms. The maximum absolute atomic E-state index is 12.1. The zero-order chi connectivity index (χ0) is 8.69. The van der Waals surface area contributed by atoms with Crippen LogP contribution in [-0.4, -0.2) is 38.5 Å². The predicted octanol–water partition coefficient (Wildman–Crippen LogP) is 1.84. The Morgan fingerprint density at radius 1 is 1.64 bits per heavy atom. The third kappa shape index (κ3) is 6.36. The van der Waals surface area contributed by atoms with Crippen molar-refractivity contribution in [2.75, 3.05) is 20.1 Å². The molecule has 0 aliphatic carbocycles. The second kappa shape index (κ2) is 6.65. The Morgan fingerprint density at radius 3 is 2.27 bits per heavy atom. The molecule has 1 heterocycles. The normalized spacial score (nSPS) is 24.2. The number of alkyl halides is 1. The van der Waals surface area contributed by atoms with Gasteiger partial charge in [-0.25, -0.2) is 4.39 Å². The lowest BCUT2D eigenvalue weighted by Crippen LogP contribution is -2.13. The molecule has 1 aliphatic heterocycles. The molecule has 0 spiro atoms. The molecule has 0 aromatic heterocycles. The Morgan fingerprint density at radius 2 is 2.18 bits per heavy atom. The molecule has 3 heteroatoms. The van der Waals surface area contributed by atoms with Gasteiger partial charge < -0.3 is 4.90 Å². The van der Waals surface area contributed by atoms with E-state index in [1.165, 1.54) is 6.32 Å². The van der Waals surface area contributed by atoms with Crippen LogP contribution in [0.4, 0.5) is 4.39 Å². The number of rotatable bonds is 1. The van der Waals surface area contributed by atoms with E-state index in [4.69, 9.17) is 0 Å². The van der Waals surface area contributed by atoms with Crippen molar-refractivity contribution in [1.82, 2.24) is 4.90 Å². The van der Waals surface area contributed by atoms with Crippen LogP contribution in [0.15, 0.2) is 0 Å². The van der Waals surface area contributed by atoms with Gasteiger partial charge in [0.2, 0.25) is 0 Å². The van der Waals surface area contributed by atoms with Crippen molar-refractivity contribution >= 4 is 7.28 Å². The third-order valence-electron chi connectivity index (χ3n) is 1.74. The van der Waals surface area contributed by atoms with Crippen LogP contribution in [0.2, 0.25) is 13.1 Å². The lowest BCUT2D eigenvalue weighted by Gasteiger charge is -2.01. The van der Waals surface area contributed by atoms with E-state index in [9.17, 15) is 4.39 Å².